The minimum atomic E-state index is -0.304. The van der Waals surface area contributed by atoms with Crippen LogP contribution in [0, 0.1) is 10.1 Å². The molecule has 3 rings (SSSR count). The van der Waals surface area contributed by atoms with Crippen LogP contribution in [-0.4, -0.2) is 23.4 Å². The van der Waals surface area contributed by atoms with Crippen LogP contribution in [0.3, 0.4) is 0 Å². The molecule has 1 atom stereocenters. The van der Waals surface area contributed by atoms with Crippen LogP contribution in [0.25, 0.3) is 0 Å². The SMILES string of the molecule is CN1Cc2sc([N+](=O)[O-])cc2C(c2ccc(Cl)cc2)C1. The summed E-state index contributed by atoms with van der Waals surface area (Å²) in [4.78, 5) is 14.0. The second-order valence-corrected chi connectivity index (χ2v) is 6.57. The topological polar surface area (TPSA) is 46.4 Å². The molecule has 0 amide bonds. The lowest BCUT2D eigenvalue weighted by atomic mass is 9.89. The van der Waals surface area contributed by atoms with Crippen LogP contribution in [0.1, 0.15) is 21.9 Å². The lowest BCUT2D eigenvalue weighted by Crippen LogP contribution is -2.29. The van der Waals surface area contributed by atoms with Gasteiger partial charge in [0.2, 0.25) is 0 Å². The Hall–Kier alpha value is -1.43. The van der Waals surface area contributed by atoms with Crippen LogP contribution >= 0.6 is 22.9 Å². The van der Waals surface area contributed by atoms with Crippen LogP contribution in [0.15, 0.2) is 30.3 Å². The van der Waals surface area contributed by atoms with E-state index in [0.717, 1.165) is 29.1 Å². The van der Waals surface area contributed by atoms with Gasteiger partial charge < -0.3 is 4.90 Å². The lowest BCUT2D eigenvalue weighted by Gasteiger charge is -2.30. The minimum Gasteiger partial charge on any atom is -0.300 e. The van der Waals surface area contributed by atoms with Gasteiger partial charge in [-0.1, -0.05) is 35.1 Å². The molecule has 0 spiro atoms. The number of hydrogen-bond acceptors (Lipinski definition) is 4. The second-order valence-electron chi connectivity index (χ2n) is 5.02. The van der Waals surface area contributed by atoms with Gasteiger partial charge in [-0.15, -0.1) is 0 Å². The molecule has 0 saturated carbocycles. The number of benzene rings is 1. The zero-order chi connectivity index (χ0) is 14.3. The largest absolute Gasteiger partial charge is 0.324 e. The first-order chi connectivity index (χ1) is 9.54. The molecule has 0 N–H and O–H groups in total. The van der Waals surface area contributed by atoms with E-state index in [2.05, 4.69) is 4.90 Å². The van der Waals surface area contributed by atoms with Crippen molar-refractivity contribution in [1.29, 1.82) is 0 Å². The van der Waals surface area contributed by atoms with Crippen LogP contribution in [0.4, 0.5) is 5.00 Å². The summed E-state index contributed by atoms with van der Waals surface area (Å²) in [6, 6.07) is 9.46. The summed E-state index contributed by atoms with van der Waals surface area (Å²) in [6.45, 7) is 1.64. The van der Waals surface area contributed by atoms with Gasteiger partial charge in [-0.05, 0) is 30.3 Å². The Morgan fingerprint density at radius 2 is 2.10 bits per heavy atom. The summed E-state index contributed by atoms with van der Waals surface area (Å²) in [5.41, 5.74) is 2.23. The zero-order valence-corrected chi connectivity index (χ0v) is 12.4. The van der Waals surface area contributed by atoms with Gasteiger partial charge in [-0.2, -0.15) is 0 Å². The number of hydrogen-bond donors (Lipinski definition) is 0. The molecule has 1 unspecified atom stereocenters. The Bertz CT molecular complexity index is 654. The summed E-state index contributed by atoms with van der Waals surface area (Å²) in [6.07, 6.45) is 0. The predicted molar refractivity (Wildman–Crippen MR) is 80.6 cm³/mol. The van der Waals surface area contributed by atoms with E-state index >= 15 is 0 Å². The van der Waals surface area contributed by atoms with Crippen LogP contribution in [0.2, 0.25) is 5.02 Å². The highest BCUT2D eigenvalue weighted by Crippen LogP contribution is 2.40. The number of rotatable bonds is 2. The van der Waals surface area contributed by atoms with Gasteiger partial charge in [-0.25, -0.2) is 0 Å². The maximum atomic E-state index is 11.0. The Kier molecular flexibility index (Phi) is 3.50. The molecule has 6 heteroatoms. The quantitative estimate of drug-likeness (QED) is 0.624. The molecule has 0 saturated heterocycles. The standard InChI is InChI=1S/C14H13ClN2O2S/c1-16-7-12(9-2-4-10(15)5-3-9)11-6-14(17(18)19)20-13(11)8-16/h2-6,12H,7-8H2,1H3. The normalized spacial score (nSPS) is 18.8. The second kappa shape index (κ2) is 5.16. The highest BCUT2D eigenvalue weighted by Gasteiger charge is 2.29. The van der Waals surface area contributed by atoms with E-state index in [1.54, 1.807) is 6.07 Å². The van der Waals surface area contributed by atoms with E-state index in [1.807, 2.05) is 31.3 Å². The van der Waals surface area contributed by atoms with Gasteiger partial charge in [0.1, 0.15) is 0 Å². The van der Waals surface area contributed by atoms with E-state index in [4.69, 9.17) is 11.6 Å². The molecular formula is C14H13ClN2O2S. The number of nitrogens with zero attached hydrogens (tertiary/aromatic N) is 2. The number of halogens is 1. The third-order valence-corrected chi connectivity index (χ3v) is 4.90. The molecule has 0 fully saturated rings. The molecule has 1 aromatic carbocycles. The maximum absolute atomic E-state index is 11.0. The summed E-state index contributed by atoms with van der Waals surface area (Å²) in [7, 11) is 2.04. The summed E-state index contributed by atoms with van der Waals surface area (Å²) < 4.78 is 0. The minimum absolute atomic E-state index is 0.172. The first-order valence-corrected chi connectivity index (χ1v) is 7.45. The van der Waals surface area contributed by atoms with E-state index in [-0.39, 0.29) is 15.8 Å². The van der Waals surface area contributed by atoms with Crippen molar-refractivity contribution in [2.24, 2.45) is 0 Å². The number of thiophene rings is 1. The summed E-state index contributed by atoms with van der Waals surface area (Å²) in [5, 5.41) is 11.9. The van der Waals surface area contributed by atoms with E-state index in [9.17, 15) is 10.1 Å². The third-order valence-electron chi connectivity index (χ3n) is 3.56. The van der Waals surface area contributed by atoms with Crippen molar-refractivity contribution in [3.05, 3.63) is 61.5 Å². The van der Waals surface area contributed by atoms with Crippen molar-refractivity contribution in [1.82, 2.24) is 4.90 Å². The zero-order valence-electron chi connectivity index (χ0n) is 10.9. The highest BCUT2D eigenvalue weighted by atomic mass is 35.5. The molecule has 0 radical (unpaired) electrons. The van der Waals surface area contributed by atoms with Crippen molar-refractivity contribution >= 4 is 27.9 Å². The van der Waals surface area contributed by atoms with E-state index in [0.29, 0.717) is 5.02 Å². The van der Waals surface area contributed by atoms with Crippen molar-refractivity contribution in [3.8, 4) is 0 Å². The van der Waals surface area contributed by atoms with Crippen LogP contribution in [-0.2, 0) is 6.54 Å². The Morgan fingerprint density at radius 1 is 1.40 bits per heavy atom. The fourth-order valence-corrected chi connectivity index (χ4v) is 3.88. The smallest absolute Gasteiger partial charge is 0.300 e. The van der Waals surface area contributed by atoms with Gasteiger partial charge in [0.05, 0.1) is 4.92 Å². The average Bonchev–Trinajstić information content (AvgIpc) is 2.82. The van der Waals surface area contributed by atoms with E-state index in [1.165, 1.54) is 11.3 Å². The highest BCUT2D eigenvalue weighted by molar-refractivity contribution is 7.15. The third kappa shape index (κ3) is 2.44. The fourth-order valence-electron chi connectivity index (χ4n) is 2.64. The van der Waals surface area contributed by atoms with Gasteiger partial charge in [0, 0.05) is 35.0 Å². The van der Waals surface area contributed by atoms with Crippen molar-refractivity contribution in [2.45, 2.75) is 12.5 Å². The van der Waals surface area contributed by atoms with Gasteiger partial charge in [0.25, 0.3) is 0 Å². The molecule has 1 aliphatic heterocycles. The molecule has 1 aromatic heterocycles. The van der Waals surface area contributed by atoms with Crippen molar-refractivity contribution in [2.75, 3.05) is 13.6 Å². The van der Waals surface area contributed by atoms with Gasteiger partial charge in [-0.3, -0.25) is 10.1 Å². The van der Waals surface area contributed by atoms with E-state index < -0.39 is 0 Å². The lowest BCUT2D eigenvalue weighted by molar-refractivity contribution is -0.380. The van der Waals surface area contributed by atoms with Crippen molar-refractivity contribution in [3.63, 3.8) is 0 Å². The summed E-state index contributed by atoms with van der Waals surface area (Å²) >= 11 is 7.21. The monoisotopic (exact) mass is 308 g/mol. The molecule has 2 aromatic rings. The number of fused-ring (bicyclic) bond motifs is 1. The predicted octanol–water partition coefficient (Wildman–Crippen LogP) is 3.89. The maximum Gasteiger partial charge on any atom is 0.324 e. The number of nitro groups is 1. The first kappa shape index (κ1) is 13.5. The average molecular weight is 309 g/mol. The molecule has 2 heterocycles. The Morgan fingerprint density at radius 3 is 2.75 bits per heavy atom. The van der Waals surface area contributed by atoms with Crippen molar-refractivity contribution < 1.29 is 4.92 Å². The van der Waals surface area contributed by atoms with Gasteiger partial charge in [0.15, 0.2) is 0 Å². The molecule has 20 heavy (non-hydrogen) atoms. The molecule has 4 nitrogen and oxygen atoms in total. The first-order valence-electron chi connectivity index (χ1n) is 6.25. The molecule has 0 bridgehead atoms. The Labute approximate surface area is 125 Å². The molecular weight excluding hydrogens is 296 g/mol. The summed E-state index contributed by atoms with van der Waals surface area (Å²) in [5.74, 6) is 0.172. The Balaban J connectivity index is 2.05. The fraction of sp³-hybridized carbons (Fsp3) is 0.286. The molecule has 1 aliphatic rings. The number of likely N-dealkylation sites (N-methyl/N-ethyl adjacent to an activating group) is 1. The van der Waals surface area contributed by atoms with Crippen LogP contribution in [0.5, 0.6) is 0 Å². The molecule has 0 aliphatic carbocycles. The van der Waals surface area contributed by atoms with Crippen LogP contribution < -0.4 is 0 Å². The van der Waals surface area contributed by atoms with Gasteiger partial charge >= 0.3 is 5.00 Å². The molecule has 104 valence electrons.